The van der Waals surface area contributed by atoms with E-state index in [4.69, 9.17) is 26.2 Å². The van der Waals surface area contributed by atoms with Gasteiger partial charge in [0, 0.05) is 6.20 Å². The van der Waals surface area contributed by atoms with Crippen LogP contribution in [0, 0.1) is 11.3 Å². The van der Waals surface area contributed by atoms with Gasteiger partial charge in [-0.3, -0.25) is 9.89 Å². The molecule has 3 N–H and O–H groups in total. The first-order valence-electron chi connectivity index (χ1n) is 10.1. The van der Waals surface area contributed by atoms with Crippen molar-refractivity contribution >= 4 is 34.4 Å². The summed E-state index contributed by atoms with van der Waals surface area (Å²) in [5, 5.41) is 28.6. The molecule has 0 unspecified atom stereocenters. The van der Waals surface area contributed by atoms with Crippen LogP contribution in [0.3, 0.4) is 0 Å². The van der Waals surface area contributed by atoms with E-state index in [9.17, 15) is 10.1 Å². The van der Waals surface area contributed by atoms with Crippen LogP contribution in [0.2, 0.25) is 5.02 Å². The molecule has 4 aromatic rings. The Morgan fingerprint density at radius 1 is 1.26 bits per heavy atom. The number of benzene rings is 1. The smallest absolute Gasteiger partial charge is 0.269 e. The maximum atomic E-state index is 12.9. The number of nitrogens with zero attached hydrogens (tertiary/aromatic N) is 5. The molecule has 3 heterocycles. The summed E-state index contributed by atoms with van der Waals surface area (Å²) >= 11 is 6.34. The van der Waals surface area contributed by atoms with Crippen molar-refractivity contribution in [3.05, 3.63) is 59.4 Å². The first-order chi connectivity index (χ1) is 16.6. The van der Waals surface area contributed by atoms with E-state index in [2.05, 4.69) is 36.5 Å². The molecule has 0 spiro atoms. The number of rotatable bonds is 9. The summed E-state index contributed by atoms with van der Waals surface area (Å²) in [6.07, 6.45) is 1.83. The van der Waals surface area contributed by atoms with Gasteiger partial charge in [0.2, 0.25) is 12.0 Å². The number of halogens is 1. The molecular formula is C22H18ClN7O4. The predicted octanol–water partition coefficient (Wildman–Crippen LogP) is 2.33. The van der Waals surface area contributed by atoms with Gasteiger partial charge < -0.3 is 19.9 Å². The molecule has 11 nitrogen and oxygen atoms in total. The molecule has 1 aromatic carbocycles. The number of H-pyrrole nitrogens is 1. The highest BCUT2D eigenvalue weighted by Crippen LogP contribution is 2.32. The lowest BCUT2D eigenvalue weighted by molar-refractivity contribution is -0.125. The average Bonchev–Trinajstić information content (AvgIpc) is 3.33. The van der Waals surface area contributed by atoms with Gasteiger partial charge in [-0.25, -0.2) is 9.97 Å². The maximum Gasteiger partial charge on any atom is 0.269 e. The van der Waals surface area contributed by atoms with Gasteiger partial charge in [-0.05, 0) is 24.3 Å². The molecule has 1 amide bonds. The van der Waals surface area contributed by atoms with Crippen molar-refractivity contribution in [3.8, 4) is 23.3 Å². The standard InChI is InChI=1S/C22H18ClN7O4/c23-15-5-3-4-13(10-24)18(15)20-28-19-14(11-26-30-19)22(29-20)34-16(12-33-9-8-31)21(32)27-17-6-1-2-7-25-17/h1-7,11,16,31H,8-9,12H2,(H,25,27,32)(H,26,28,29,30)/t16-/m0/s1. The number of anilines is 1. The monoisotopic (exact) mass is 479 g/mol. The van der Waals surface area contributed by atoms with E-state index < -0.39 is 12.0 Å². The third-order valence-electron chi connectivity index (χ3n) is 4.60. The van der Waals surface area contributed by atoms with Gasteiger partial charge in [-0.15, -0.1) is 0 Å². The van der Waals surface area contributed by atoms with Crippen LogP contribution >= 0.6 is 11.6 Å². The number of carbonyl (C=O) groups excluding carboxylic acids is 1. The summed E-state index contributed by atoms with van der Waals surface area (Å²) in [6, 6.07) is 12.0. The molecule has 0 saturated carbocycles. The normalized spacial score (nSPS) is 11.7. The zero-order valence-corrected chi connectivity index (χ0v) is 18.4. The first kappa shape index (κ1) is 23.1. The topological polar surface area (TPSA) is 159 Å². The minimum atomic E-state index is -1.16. The van der Waals surface area contributed by atoms with Crippen molar-refractivity contribution in [1.82, 2.24) is 25.1 Å². The molecule has 12 heteroatoms. The van der Waals surface area contributed by atoms with E-state index in [-0.39, 0.29) is 42.1 Å². The Bertz CT molecular complexity index is 1340. The van der Waals surface area contributed by atoms with E-state index in [1.54, 1.807) is 36.4 Å². The maximum absolute atomic E-state index is 12.9. The number of amides is 1. The van der Waals surface area contributed by atoms with Crippen molar-refractivity contribution in [2.75, 3.05) is 25.1 Å². The molecular weight excluding hydrogens is 462 g/mol. The van der Waals surface area contributed by atoms with Gasteiger partial charge in [0.05, 0.1) is 48.2 Å². The third-order valence-corrected chi connectivity index (χ3v) is 4.91. The minimum absolute atomic E-state index is 0.0119. The SMILES string of the molecule is N#Cc1cccc(Cl)c1-c1nc(O[C@@H](COCCO)C(=O)Nc2ccccn2)c2cn[nH]c2n1. The Kier molecular flexibility index (Phi) is 7.24. The summed E-state index contributed by atoms with van der Waals surface area (Å²) in [5.41, 5.74) is 0.913. The van der Waals surface area contributed by atoms with Crippen molar-refractivity contribution in [2.24, 2.45) is 0 Å². The largest absolute Gasteiger partial charge is 0.461 e. The second-order valence-electron chi connectivity index (χ2n) is 6.87. The molecule has 34 heavy (non-hydrogen) atoms. The third kappa shape index (κ3) is 5.10. The zero-order valence-electron chi connectivity index (χ0n) is 17.6. The van der Waals surface area contributed by atoms with Crippen molar-refractivity contribution in [1.29, 1.82) is 5.26 Å². The Hall–Kier alpha value is -4.11. The number of pyridine rings is 1. The van der Waals surface area contributed by atoms with Crippen LogP contribution in [-0.4, -0.2) is 62.1 Å². The number of aromatic amines is 1. The fourth-order valence-electron chi connectivity index (χ4n) is 3.05. The van der Waals surface area contributed by atoms with Gasteiger partial charge in [0.15, 0.2) is 11.5 Å². The van der Waals surface area contributed by atoms with E-state index >= 15 is 0 Å². The molecule has 0 aliphatic carbocycles. The number of nitrogens with one attached hydrogen (secondary N) is 2. The lowest BCUT2D eigenvalue weighted by Crippen LogP contribution is -2.37. The lowest BCUT2D eigenvalue weighted by atomic mass is 10.1. The number of ether oxygens (including phenoxy) is 2. The number of aliphatic hydroxyl groups is 1. The Balaban J connectivity index is 1.71. The summed E-state index contributed by atoms with van der Waals surface area (Å²) in [4.78, 5) is 25.9. The molecule has 0 aliphatic rings. The molecule has 0 aliphatic heterocycles. The van der Waals surface area contributed by atoms with Gasteiger partial charge in [0.25, 0.3) is 5.91 Å². The predicted molar refractivity (Wildman–Crippen MR) is 122 cm³/mol. The van der Waals surface area contributed by atoms with Crippen LogP contribution in [-0.2, 0) is 9.53 Å². The first-order valence-corrected chi connectivity index (χ1v) is 10.5. The van der Waals surface area contributed by atoms with Gasteiger partial charge in [-0.1, -0.05) is 23.7 Å². The second-order valence-corrected chi connectivity index (χ2v) is 7.28. The van der Waals surface area contributed by atoms with Crippen molar-refractivity contribution in [2.45, 2.75) is 6.10 Å². The number of carbonyl (C=O) groups is 1. The number of hydrogen-bond acceptors (Lipinski definition) is 9. The summed E-state index contributed by atoms with van der Waals surface area (Å²) in [6.45, 7) is -0.382. The molecule has 0 fully saturated rings. The molecule has 0 radical (unpaired) electrons. The molecule has 0 saturated heterocycles. The van der Waals surface area contributed by atoms with Crippen LogP contribution in [0.4, 0.5) is 5.82 Å². The Morgan fingerprint density at radius 2 is 2.15 bits per heavy atom. The van der Waals surface area contributed by atoms with E-state index in [1.807, 2.05) is 0 Å². The van der Waals surface area contributed by atoms with Crippen LogP contribution < -0.4 is 10.1 Å². The lowest BCUT2D eigenvalue weighted by Gasteiger charge is -2.19. The molecule has 0 bridgehead atoms. The highest BCUT2D eigenvalue weighted by molar-refractivity contribution is 6.33. The van der Waals surface area contributed by atoms with Crippen LogP contribution in [0.15, 0.2) is 48.8 Å². The van der Waals surface area contributed by atoms with E-state index in [0.29, 0.717) is 22.4 Å². The van der Waals surface area contributed by atoms with Crippen LogP contribution in [0.25, 0.3) is 22.4 Å². The van der Waals surface area contributed by atoms with E-state index in [1.165, 1.54) is 12.4 Å². The quantitative estimate of drug-likeness (QED) is 0.306. The number of hydrogen-bond donors (Lipinski definition) is 3. The molecule has 4 rings (SSSR count). The number of aliphatic hydroxyl groups excluding tert-OH is 1. The van der Waals surface area contributed by atoms with Gasteiger partial charge in [-0.2, -0.15) is 15.3 Å². The van der Waals surface area contributed by atoms with Crippen LogP contribution in [0.1, 0.15) is 5.56 Å². The zero-order chi connectivity index (χ0) is 23.9. The number of nitriles is 1. The molecule has 172 valence electrons. The van der Waals surface area contributed by atoms with Crippen LogP contribution in [0.5, 0.6) is 5.88 Å². The van der Waals surface area contributed by atoms with Crippen molar-refractivity contribution < 1.29 is 19.4 Å². The highest BCUT2D eigenvalue weighted by Gasteiger charge is 2.25. The summed E-state index contributed by atoms with van der Waals surface area (Å²) in [7, 11) is 0. The fraction of sp³-hybridized carbons (Fsp3) is 0.182. The van der Waals surface area contributed by atoms with Gasteiger partial charge >= 0.3 is 0 Å². The fourth-order valence-corrected chi connectivity index (χ4v) is 3.31. The average molecular weight is 480 g/mol. The Morgan fingerprint density at radius 3 is 2.91 bits per heavy atom. The highest BCUT2D eigenvalue weighted by atomic mass is 35.5. The van der Waals surface area contributed by atoms with Gasteiger partial charge in [0.1, 0.15) is 11.2 Å². The second kappa shape index (κ2) is 10.7. The summed E-state index contributed by atoms with van der Waals surface area (Å²) < 4.78 is 11.3. The number of fused-ring (bicyclic) bond motifs is 1. The van der Waals surface area contributed by atoms with Crippen molar-refractivity contribution in [3.63, 3.8) is 0 Å². The van der Waals surface area contributed by atoms with E-state index in [0.717, 1.165) is 0 Å². The summed E-state index contributed by atoms with van der Waals surface area (Å²) in [5.74, 6) is -0.0564. The molecule has 3 aromatic heterocycles. The molecule has 1 atom stereocenters. The number of aromatic nitrogens is 5. The minimum Gasteiger partial charge on any atom is -0.461 e. The Labute approximate surface area is 198 Å².